The number of benzene rings is 1. The number of furan rings is 1. The number of nitrogens with one attached hydrogen (secondary N) is 5. The van der Waals surface area contributed by atoms with Gasteiger partial charge in [0.2, 0.25) is 21.8 Å². The second-order valence-corrected chi connectivity index (χ2v) is 15.8. The second-order valence-electron chi connectivity index (χ2n) is 13.8. The van der Waals surface area contributed by atoms with Crippen molar-refractivity contribution in [3.8, 4) is 0 Å². The van der Waals surface area contributed by atoms with Crippen LogP contribution in [0.15, 0.2) is 34.7 Å². The van der Waals surface area contributed by atoms with Crippen molar-refractivity contribution in [1.29, 1.82) is 0 Å². The Balaban J connectivity index is 2.26. The van der Waals surface area contributed by atoms with Crippen LogP contribution in [-0.2, 0) is 26.2 Å². The van der Waals surface area contributed by atoms with Gasteiger partial charge in [-0.3, -0.25) is 23.9 Å². The predicted octanol–water partition coefficient (Wildman–Crippen LogP) is 3.72. The molecular formula is C35H55N5O8S. The minimum absolute atomic E-state index is 0.00181. The summed E-state index contributed by atoms with van der Waals surface area (Å²) in [5.41, 5.74) is 0.0548. The first-order valence-electron chi connectivity index (χ1n) is 16.9. The van der Waals surface area contributed by atoms with E-state index < -0.39 is 51.9 Å². The van der Waals surface area contributed by atoms with Crippen LogP contribution in [0.2, 0.25) is 0 Å². The van der Waals surface area contributed by atoms with Gasteiger partial charge in [-0.05, 0) is 74.8 Å². The molecule has 2 aromatic rings. The third-order valence-corrected chi connectivity index (χ3v) is 9.12. The highest BCUT2D eigenvalue weighted by Crippen LogP contribution is 2.20. The molecule has 1 heterocycles. The lowest BCUT2D eigenvalue weighted by Gasteiger charge is -2.29. The molecule has 0 spiro atoms. The maximum Gasteiger partial charge on any atom is 0.251 e. The van der Waals surface area contributed by atoms with Crippen LogP contribution in [0, 0.1) is 30.6 Å². The molecule has 49 heavy (non-hydrogen) atoms. The highest BCUT2D eigenvalue weighted by Gasteiger charge is 2.30. The van der Waals surface area contributed by atoms with Crippen LogP contribution in [0.1, 0.15) is 100 Å². The Kier molecular flexibility index (Phi) is 15.8. The van der Waals surface area contributed by atoms with Crippen molar-refractivity contribution in [2.24, 2.45) is 23.7 Å². The van der Waals surface area contributed by atoms with Crippen LogP contribution < -0.4 is 26.0 Å². The van der Waals surface area contributed by atoms with Gasteiger partial charge in [0, 0.05) is 23.6 Å². The monoisotopic (exact) mass is 705 g/mol. The van der Waals surface area contributed by atoms with Crippen LogP contribution in [0.5, 0.6) is 0 Å². The summed E-state index contributed by atoms with van der Waals surface area (Å²) in [6.07, 6.45) is -0.773. The Bertz CT molecular complexity index is 1540. The third kappa shape index (κ3) is 13.9. The van der Waals surface area contributed by atoms with E-state index >= 15 is 0 Å². The molecule has 0 aliphatic carbocycles. The molecule has 0 fully saturated rings. The van der Waals surface area contributed by atoms with Gasteiger partial charge in [0.15, 0.2) is 0 Å². The number of hydrogen-bond donors (Lipinski definition) is 6. The quantitative estimate of drug-likeness (QED) is 0.127. The molecule has 14 heteroatoms. The van der Waals surface area contributed by atoms with E-state index in [0.717, 1.165) is 0 Å². The Labute approximate surface area is 290 Å². The SMILES string of the molecule is CCS(=O)(=O)Nc1cc(C(=O)NCc2ccc(C)o2)cc(C(=O)NC(CC(C)C)C(O)CC(C)C(=O)NC(C(=O)NCC(C)C)C(C)C)c1. The van der Waals surface area contributed by atoms with Crippen molar-refractivity contribution in [1.82, 2.24) is 21.3 Å². The molecule has 6 N–H and O–H groups in total. The smallest absolute Gasteiger partial charge is 0.251 e. The van der Waals surface area contributed by atoms with E-state index in [1.807, 2.05) is 41.5 Å². The number of aryl methyl sites for hydroxylation is 1. The first kappa shape index (κ1) is 41.3. The van der Waals surface area contributed by atoms with Gasteiger partial charge in [0.25, 0.3) is 11.8 Å². The highest BCUT2D eigenvalue weighted by molar-refractivity contribution is 7.92. The summed E-state index contributed by atoms with van der Waals surface area (Å²) in [5, 5.41) is 22.5. The summed E-state index contributed by atoms with van der Waals surface area (Å²) in [6, 6.07) is 5.94. The first-order valence-corrected chi connectivity index (χ1v) is 18.5. The maximum absolute atomic E-state index is 13.6. The summed E-state index contributed by atoms with van der Waals surface area (Å²) in [7, 11) is -3.74. The largest absolute Gasteiger partial charge is 0.465 e. The minimum Gasteiger partial charge on any atom is -0.465 e. The number of carbonyl (C=O) groups is 4. The normalized spacial score (nSPS) is 14.2. The average Bonchev–Trinajstić information content (AvgIpc) is 3.44. The van der Waals surface area contributed by atoms with Crippen LogP contribution >= 0.6 is 0 Å². The topological polar surface area (TPSA) is 196 Å². The highest BCUT2D eigenvalue weighted by atomic mass is 32.2. The molecule has 274 valence electrons. The van der Waals surface area contributed by atoms with E-state index in [1.165, 1.54) is 25.1 Å². The predicted molar refractivity (Wildman–Crippen MR) is 189 cm³/mol. The molecule has 2 rings (SSSR count). The van der Waals surface area contributed by atoms with Crippen molar-refractivity contribution >= 4 is 39.3 Å². The van der Waals surface area contributed by atoms with E-state index in [2.05, 4.69) is 26.0 Å². The van der Waals surface area contributed by atoms with Gasteiger partial charge in [-0.2, -0.15) is 0 Å². The fourth-order valence-electron chi connectivity index (χ4n) is 5.00. The Morgan fingerprint density at radius 2 is 1.45 bits per heavy atom. The van der Waals surface area contributed by atoms with Crippen LogP contribution in [0.4, 0.5) is 5.69 Å². The number of carbonyl (C=O) groups excluding carboxylic acids is 4. The fraction of sp³-hybridized carbons (Fsp3) is 0.600. The van der Waals surface area contributed by atoms with Crippen molar-refractivity contribution in [3.05, 3.63) is 53.0 Å². The van der Waals surface area contributed by atoms with Gasteiger partial charge in [0.1, 0.15) is 17.6 Å². The van der Waals surface area contributed by atoms with Crippen LogP contribution in [-0.4, -0.2) is 67.6 Å². The third-order valence-electron chi connectivity index (χ3n) is 7.81. The van der Waals surface area contributed by atoms with Gasteiger partial charge in [-0.1, -0.05) is 48.5 Å². The maximum atomic E-state index is 13.6. The standard InChI is InChI=1S/C35H55N5O8S/c1-10-49(46,47)40-27-16-25(33(43)37-19-28-12-11-24(9)48-28)15-26(17-27)34(44)38-29(13-20(2)3)30(41)14-23(8)32(42)39-31(22(6)7)35(45)36-18-21(4)5/h11-12,15-17,20-23,29-31,40-41H,10,13-14,18-19H2,1-9H3,(H,36,45)(H,37,43)(H,38,44)(H,39,42). The zero-order valence-corrected chi connectivity index (χ0v) is 31.0. The summed E-state index contributed by atoms with van der Waals surface area (Å²) in [5.74, 6) is -1.46. The molecule has 1 aromatic carbocycles. The van der Waals surface area contributed by atoms with E-state index in [4.69, 9.17) is 4.42 Å². The molecule has 4 atom stereocenters. The summed E-state index contributed by atoms with van der Waals surface area (Å²) < 4.78 is 32.7. The van der Waals surface area contributed by atoms with Crippen molar-refractivity contribution in [3.63, 3.8) is 0 Å². The van der Waals surface area contributed by atoms with E-state index in [-0.39, 0.29) is 59.2 Å². The lowest BCUT2D eigenvalue weighted by atomic mass is 9.91. The Morgan fingerprint density at radius 1 is 0.816 bits per heavy atom. The molecule has 0 bridgehead atoms. The molecule has 0 saturated heterocycles. The Morgan fingerprint density at radius 3 is 1.98 bits per heavy atom. The zero-order valence-electron chi connectivity index (χ0n) is 30.2. The molecular weight excluding hydrogens is 650 g/mol. The molecule has 1 aromatic heterocycles. The molecule has 0 radical (unpaired) electrons. The van der Waals surface area contributed by atoms with Crippen LogP contribution in [0.3, 0.4) is 0 Å². The van der Waals surface area contributed by atoms with Crippen molar-refractivity contribution < 1.29 is 37.1 Å². The van der Waals surface area contributed by atoms with E-state index in [1.54, 1.807) is 26.0 Å². The summed E-state index contributed by atoms with van der Waals surface area (Å²) in [4.78, 5) is 52.7. The van der Waals surface area contributed by atoms with Gasteiger partial charge >= 0.3 is 0 Å². The minimum atomic E-state index is -3.74. The summed E-state index contributed by atoms with van der Waals surface area (Å²) >= 11 is 0. The number of aliphatic hydroxyl groups is 1. The van der Waals surface area contributed by atoms with Crippen LogP contribution in [0.25, 0.3) is 0 Å². The molecule has 0 aliphatic heterocycles. The average molecular weight is 706 g/mol. The number of rotatable bonds is 19. The zero-order chi connectivity index (χ0) is 37.1. The second kappa shape index (κ2) is 18.7. The van der Waals surface area contributed by atoms with E-state index in [0.29, 0.717) is 24.5 Å². The fourth-order valence-corrected chi connectivity index (χ4v) is 5.62. The van der Waals surface area contributed by atoms with Gasteiger partial charge in [0.05, 0.1) is 30.1 Å². The Hall–Kier alpha value is -3.91. The number of anilines is 1. The van der Waals surface area contributed by atoms with Gasteiger partial charge in [-0.25, -0.2) is 8.42 Å². The lowest BCUT2D eigenvalue weighted by molar-refractivity contribution is -0.132. The number of hydrogen-bond acceptors (Lipinski definition) is 8. The van der Waals surface area contributed by atoms with Gasteiger partial charge < -0.3 is 30.8 Å². The number of amides is 4. The summed E-state index contributed by atoms with van der Waals surface area (Å²) in [6.45, 7) is 16.9. The van der Waals surface area contributed by atoms with Crippen molar-refractivity contribution in [2.45, 2.75) is 99.9 Å². The molecule has 0 saturated carbocycles. The van der Waals surface area contributed by atoms with E-state index in [9.17, 15) is 32.7 Å². The molecule has 13 nitrogen and oxygen atoms in total. The number of aliphatic hydroxyl groups excluding tert-OH is 1. The lowest BCUT2D eigenvalue weighted by Crippen LogP contribution is -2.52. The number of sulfonamides is 1. The molecule has 0 aliphatic rings. The molecule has 4 unspecified atom stereocenters. The van der Waals surface area contributed by atoms with Gasteiger partial charge in [-0.15, -0.1) is 0 Å². The first-order chi connectivity index (χ1) is 22.8. The van der Waals surface area contributed by atoms with Crippen molar-refractivity contribution in [2.75, 3.05) is 17.0 Å². The molecule has 4 amide bonds.